The first kappa shape index (κ1) is 19.7. The Hall–Kier alpha value is -3.03. The van der Waals surface area contributed by atoms with Crippen LogP contribution < -0.4 is 10.2 Å². The molecule has 2 aromatic carbocycles. The highest BCUT2D eigenvalue weighted by atomic mass is 19.2. The van der Waals surface area contributed by atoms with Crippen LogP contribution in [0, 0.1) is 27.7 Å². The molecule has 8 heteroatoms. The van der Waals surface area contributed by atoms with Gasteiger partial charge >= 0.3 is 0 Å². The van der Waals surface area contributed by atoms with E-state index in [1.165, 1.54) is 25.2 Å². The van der Waals surface area contributed by atoms with Crippen molar-refractivity contribution in [3.05, 3.63) is 69.3 Å². The molecule has 148 valence electrons. The van der Waals surface area contributed by atoms with Crippen molar-refractivity contribution in [2.75, 3.05) is 25.0 Å². The third-order valence-corrected chi connectivity index (χ3v) is 5.13. The van der Waals surface area contributed by atoms with Gasteiger partial charge < -0.3 is 10.2 Å². The van der Waals surface area contributed by atoms with Crippen molar-refractivity contribution in [1.29, 1.82) is 0 Å². The first-order valence-corrected chi connectivity index (χ1v) is 9.08. The summed E-state index contributed by atoms with van der Waals surface area (Å²) in [6, 6.07) is 8.29. The molecule has 0 aromatic heterocycles. The Labute approximate surface area is 161 Å². The number of nitro benzene ring substituents is 1. The predicted octanol–water partition coefficient (Wildman–Crippen LogP) is 3.69. The number of carbonyl (C=O) groups excluding carboxylic acids is 1. The van der Waals surface area contributed by atoms with E-state index < -0.39 is 16.6 Å². The highest BCUT2D eigenvalue weighted by Gasteiger charge is 2.24. The summed E-state index contributed by atoms with van der Waals surface area (Å²) in [4.78, 5) is 24.7. The summed E-state index contributed by atoms with van der Waals surface area (Å²) >= 11 is 0. The Balaban J connectivity index is 1.71. The van der Waals surface area contributed by atoms with Crippen LogP contribution in [0.2, 0.25) is 0 Å². The average Bonchev–Trinajstić information content (AvgIpc) is 2.70. The number of hydrogen-bond acceptors (Lipinski definition) is 4. The van der Waals surface area contributed by atoms with E-state index in [0.717, 1.165) is 24.5 Å². The first-order valence-electron chi connectivity index (χ1n) is 9.08. The number of anilines is 1. The van der Waals surface area contributed by atoms with Crippen LogP contribution >= 0.6 is 0 Å². The fourth-order valence-corrected chi connectivity index (χ4v) is 3.61. The van der Waals surface area contributed by atoms with Gasteiger partial charge in [-0.1, -0.05) is 6.07 Å². The van der Waals surface area contributed by atoms with Crippen molar-refractivity contribution in [3.63, 3.8) is 0 Å². The molecule has 1 saturated heterocycles. The van der Waals surface area contributed by atoms with Crippen LogP contribution in [-0.4, -0.2) is 31.0 Å². The van der Waals surface area contributed by atoms with Crippen LogP contribution in [0.3, 0.4) is 0 Å². The lowest BCUT2D eigenvalue weighted by Gasteiger charge is -2.34. The van der Waals surface area contributed by atoms with Crippen molar-refractivity contribution in [3.8, 4) is 0 Å². The SMILES string of the molecule is CNC(=O)c1cc([N+](=O)[O-])ccc1N1CCC(Cc2ccc(F)c(F)c2)CC1. The highest BCUT2D eigenvalue weighted by molar-refractivity contribution is 6.00. The average molecular weight is 389 g/mol. The van der Waals surface area contributed by atoms with E-state index in [1.807, 2.05) is 4.90 Å². The summed E-state index contributed by atoms with van der Waals surface area (Å²) in [7, 11) is 1.49. The minimum Gasteiger partial charge on any atom is -0.371 e. The molecule has 1 fully saturated rings. The van der Waals surface area contributed by atoms with Crippen molar-refractivity contribution in [2.45, 2.75) is 19.3 Å². The normalized spacial score (nSPS) is 14.8. The third-order valence-electron chi connectivity index (χ3n) is 5.13. The zero-order chi connectivity index (χ0) is 20.3. The van der Waals surface area contributed by atoms with Gasteiger partial charge in [0.05, 0.1) is 16.2 Å². The number of non-ortho nitro benzene ring substituents is 1. The molecule has 1 N–H and O–H groups in total. The fraction of sp³-hybridized carbons (Fsp3) is 0.350. The van der Waals surface area contributed by atoms with E-state index in [4.69, 9.17) is 0 Å². The smallest absolute Gasteiger partial charge is 0.270 e. The van der Waals surface area contributed by atoms with Crippen LogP contribution in [-0.2, 0) is 6.42 Å². The largest absolute Gasteiger partial charge is 0.371 e. The second-order valence-electron chi connectivity index (χ2n) is 6.92. The monoisotopic (exact) mass is 389 g/mol. The second-order valence-corrected chi connectivity index (χ2v) is 6.92. The lowest BCUT2D eigenvalue weighted by atomic mass is 9.89. The standard InChI is InChI=1S/C20H21F2N3O3/c1-23-20(26)16-12-15(25(27)28)3-5-19(16)24-8-6-13(7-9-24)10-14-2-4-17(21)18(22)11-14/h2-5,11-13H,6-10H2,1H3,(H,23,26). The zero-order valence-corrected chi connectivity index (χ0v) is 15.5. The molecule has 1 aliphatic rings. The molecule has 1 heterocycles. The van der Waals surface area contributed by atoms with Gasteiger partial charge in [0.1, 0.15) is 0 Å². The molecule has 0 radical (unpaired) electrons. The molecule has 0 aliphatic carbocycles. The Morgan fingerprint density at radius 1 is 1.18 bits per heavy atom. The highest BCUT2D eigenvalue weighted by Crippen LogP contribution is 2.30. The summed E-state index contributed by atoms with van der Waals surface area (Å²) in [5.74, 6) is -1.74. The summed E-state index contributed by atoms with van der Waals surface area (Å²) in [6.07, 6.45) is 2.31. The maximum atomic E-state index is 13.4. The molecule has 6 nitrogen and oxygen atoms in total. The molecule has 1 aliphatic heterocycles. The van der Waals surface area contributed by atoms with Crippen molar-refractivity contribution < 1.29 is 18.5 Å². The molecule has 1 amide bonds. The van der Waals surface area contributed by atoms with Gasteiger partial charge in [-0.25, -0.2) is 8.78 Å². The Bertz CT molecular complexity index is 896. The summed E-state index contributed by atoms with van der Waals surface area (Å²) in [6.45, 7) is 1.35. The molecule has 0 bridgehead atoms. The summed E-state index contributed by atoms with van der Waals surface area (Å²) in [5, 5.41) is 13.5. The molecule has 0 atom stereocenters. The summed E-state index contributed by atoms with van der Waals surface area (Å²) in [5.41, 5.74) is 1.57. The number of carbonyl (C=O) groups is 1. The van der Waals surface area contributed by atoms with E-state index in [0.29, 0.717) is 31.1 Å². The van der Waals surface area contributed by atoms with Crippen LogP contribution in [0.15, 0.2) is 36.4 Å². The second kappa shape index (κ2) is 8.33. The van der Waals surface area contributed by atoms with Gasteiger partial charge in [0.15, 0.2) is 11.6 Å². The van der Waals surface area contributed by atoms with Crippen molar-refractivity contribution >= 4 is 17.3 Å². The summed E-state index contributed by atoms with van der Waals surface area (Å²) < 4.78 is 26.5. The van der Waals surface area contributed by atoms with Crippen molar-refractivity contribution in [2.24, 2.45) is 5.92 Å². The van der Waals surface area contributed by atoms with E-state index in [2.05, 4.69) is 5.32 Å². The van der Waals surface area contributed by atoms with Crippen LogP contribution in [0.1, 0.15) is 28.8 Å². The number of nitro groups is 1. The Morgan fingerprint density at radius 2 is 1.89 bits per heavy atom. The molecular weight excluding hydrogens is 368 g/mol. The van der Waals surface area contributed by atoms with Gasteiger partial charge in [-0.2, -0.15) is 0 Å². The van der Waals surface area contributed by atoms with Gasteiger partial charge in [-0.15, -0.1) is 0 Å². The molecule has 0 spiro atoms. The molecule has 2 aromatic rings. The van der Waals surface area contributed by atoms with Crippen molar-refractivity contribution in [1.82, 2.24) is 5.32 Å². The zero-order valence-electron chi connectivity index (χ0n) is 15.5. The number of rotatable bonds is 5. The van der Waals surface area contributed by atoms with Gasteiger partial charge in [0, 0.05) is 32.3 Å². The predicted molar refractivity (Wildman–Crippen MR) is 101 cm³/mol. The number of nitrogens with one attached hydrogen (secondary N) is 1. The number of amides is 1. The molecule has 28 heavy (non-hydrogen) atoms. The minimum absolute atomic E-state index is 0.129. The van der Waals surface area contributed by atoms with Crippen LogP contribution in [0.4, 0.5) is 20.2 Å². The number of piperidine rings is 1. The van der Waals surface area contributed by atoms with Gasteiger partial charge in [0.2, 0.25) is 0 Å². The molecule has 0 saturated carbocycles. The molecular formula is C20H21F2N3O3. The first-order chi connectivity index (χ1) is 13.4. The van der Waals surface area contributed by atoms with Gasteiger partial charge in [-0.05, 0) is 48.9 Å². The van der Waals surface area contributed by atoms with E-state index >= 15 is 0 Å². The number of benzene rings is 2. The Kier molecular flexibility index (Phi) is 5.87. The number of hydrogen-bond donors (Lipinski definition) is 1. The van der Waals surface area contributed by atoms with Gasteiger partial charge in [0.25, 0.3) is 11.6 Å². The van der Waals surface area contributed by atoms with Crippen LogP contribution in [0.25, 0.3) is 0 Å². The number of nitrogens with zero attached hydrogens (tertiary/aromatic N) is 2. The molecule has 0 unspecified atom stereocenters. The fourth-order valence-electron chi connectivity index (χ4n) is 3.61. The third kappa shape index (κ3) is 4.27. The van der Waals surface area contributed by atoms with E-state index in [1.54, 1.807) is 12.1 Å². The molecule has 3 rings (SSSR count). The van der Waals surface area contributed by atoms with E-state index in [-0.39, 0.29) is 17.2 Å². The van der Waals surface area contributed by atoms with Gasteiger partial charge in [-0.3, -0.25) is 14.9 Å². The minimum atomic E-state index is -0.849. The van der Waals surface area contributed by atoms with E-state index in [9.17, 15) is 23.7 Å². The quantitative estimate of drug-likeness (QED) is 0.625. The lowest BCUT2D eigenvalue weighted by molar-refractivity contribution is -0.384. The Morgan fingerprint density at radius 3 is 2.50 bits per heavy atom. The lowest BCUT2D eigenvalue weighted by Crippen LogP contribution is -2.36. The van der Waals surface area contributed by atoms with Crippen LogP contribution in [0.5, 0.6) is 0 Å². The number of halogens is 2. The maximum Gasteiger partial charge on any atom is 0.270 e. The maximum absolute atomic E-state index is 13.4. The topological polar surface area (TPSA) is 75.5 Å².